The average Bonchev–Trinajstić information content (AvgIpc) is 2.75. The minimum Gasteiger partial charge on any atom is -0.491 e. The first-order chi connectivity index (χ1) is 15.5. The highest BCUT2D eigenvalue weighted by molar-refractivity contribution is 7.92. The van der Waals surface area contributed by atoms with Crippen LogP contribution >= 0.6 is 0 Å². The number of methoxy groups -OCH3 is 1. The van der Waals surface area contributed by atoms with Gasteiger partial charge in [-0.1, -0.05) is 13.8 Å². The van der Waals surface area contributed by atoms with Crippen molar-refractivity contribution in [3.05, 3.63) is 23.8 Å². The van der Waals surface area contributed by atoms with Crippen LogP contribution in [0.1, 0.15) is 37.6 Å². The summed E-state index contributed by atoms with van der Waals surface area (Å²) in [5.74, 6) is -0.0614. The molecule has 1 aliphatic rings. The number of hydrogen-bond acceptors (Lipinski definition) is 6. The molecule has 2 N–H and O–H groups in total. The highest BCUT2D eigenvalue weighted by Crippen LogP contribution is 2.26. The molecule has 10 nitrogen and oxygen atoms in total. The van der Waals surface area contributed by atoms with Crippen LogP contribution < -0.4 is 14.8 Å². The smallest absolute Gasteiger partial charge is 0.317 e. The Balaban J connectivity index is 2.45. The van der Waals surface area contributed by atoms with Crippen LogP contribution in [0.5, 0.6) is 5.75 Å². The zero-order valence-electron chi connectivity index (χ0n) is 20.3. The second-order valence-electron chi connectivity index (χ2n) is 8.57. The molecular formula is C22H36N4O6S. The molecule has 0 unspecified atom stereocenters. The lowest BCUT2D eigenvalue weighted by molar-refractivity contribution is 0.0166. The minimum atomic E-state index is -3.51. The highest BCUT2D eigenvalue weighted by atomic mass is 32.2. The lowest BCUT2D eigenvalue weighted by Gasteiger charge is -2.36. The SMILES string of the molecule is CCCNC(=O)N1C[C@H](C)[C@H](OC)CN(C)C(=O)c2cc(NS(C)(=O)=O)ccc2OC[C@H]1C. The van der Waals surface area contributed by atoms with E-state index in [1.165, 1.54) is 17.0 Å². The third kappa shape index (κ3) is 7.50. The molecule has 1 aliphatic heterocycles. The Hall–Kier alpha value is -2.53. The summed E-state index contributed by atoms with van der Waals surface area (Å²) in [7, 11) is -0.276. The molecule has 3 amide bonds. The molecule has 33 heavy (non-hydrogen) atoms. The normalized spacial score (nSPS) is 22.5. The summed E-state index contributed by atoms with van der Waals surface area (Å²) in [4.78, 5) is 29.4. The molecule has 0 saturated carbocycles. The van der Waals surface area contributed by atoms with E-state index in [4.69, 9.17) is 9.47 Å². The van der Waals surface area contributed by atoms with E-state index in [-0.39, 0.29) is 47.9 Å². The second kappa shape index (κ2) is 11.6. The Labute approximate surface area is 196 Å². The van der Waals surface area contributed by atoms with Gasteiger partial charge in [-0.15, -0.1) is 0 Å². The molecule has 1 heterocycles. The molecule has 0 saturated heterocycles. The number of carbonyl (C=O) groups excluding carboxylic acids is 2. The molecular weight excluding hydrogens is 448 g/mol. The molecule has 0 spiro atoms. The van der Waals surface area contributed by atoms with Gasteiger partial charge in [0.1, 0.15) is 12.4 Å². The van der Waals surface area contributed by atoms with Gasteiger partial charge in [0.25, 0.3) is 5.91 Å². The molecule has 1 aromatic rings. The van der Waals surface area contributed by atoms with Crippen LogP contribution in [0.25, 0.3) is 0 Å². The van der Waals surface area contributed by atoms with E-state index >= 15 is 0 Å². The number of likely N-dealkylation sites (N-methyl/N-ethyl adjacent to an activating group) is 1. The zero-order chi connectivity index (χ0) is 24.8. The molecule has 0 bridgehead atoms. The summed E-state index contributed by atoms with van der Waals surface area (Å²) in [6.07, 6.45) is 1.56. The molecule has 0 aromatic heterocycles. The van der Waals surface area contributed by atoms with E-state index in [2.05, 4.69) is 10.0 Å². The van der Waals surface area contributed by atoms with Gasteiger partial charge in [0.05, 0.1) is 24.0 Å². The number of hydrogen-bond donors (Lipinski definition) is 2. The van der Waals surface area contributed by atoms with Gasteiger partial charge in [0.2, 0.25) is 10.0 Å². The summed E-state index contributed by atoms with van der Waals surface area (Å²) in [6.45, 7) is 7.31. The number of anilines is 1. The van der Waals surface area contributed by atoms with Crippen LogP contribution in [0.3, 0.4) is 0 Å². The Morgan fingerprint density at radius 3 is 2.58 bits per heavy atom. The summed E-state index contributed by atoms with van der Waals surface area (Å²) < 4.78 is 37.4. The first-order valence-corrected chi connectivity index (χ1v) is 12.9. The van der Waals surface area contributed by atoms with Crippen molar-refractivity contribution in [3.63, 3.8) is 0 Å². The van der Waals surface area contributed by atoms with Crippen molar-refractivity contribution in [1.82, 2.24) is 15.1 Å². The van der Waals surface area contributed by atoms with E-state index < -0.39 is 10.0 Å². The largest absolute Gasteiger partial charge is 0.491 e. The van der Waals surface area contributed by atoms with Crippen molar-refractivity contribution in [2.45, 2.75) is 39.3 Å². The maximum Gasteiger partial charge on any atom is 0.317 e. The molecule has 1 aromatic carbocycles. The van der Waals surface area contributed by atoms with Crippen LogP contribution in [0.2, 0.25) is 0 Å². The number of nitrogens with one attached hydrogen (secondary N) is 2. The number of urea groups is 1. The number of ether oxygens (including phenoxy) is 2. The number of sulfonamides is 1. The fourth-order valence-electron chi connectivity index (χ4n) is 3.67. The number of benzene rings is 1. The predicted octanol–water partition coefficient (Wildman–Crippen LogP) is 1.98. The second-order valence-corrected chi connectivity index (χ2v) is 10.3. The van der Waals surface area contributed by atoms with Gasteiger partial charge in [0.15, 0.2) is 0 Å². The lowest BCUT2D eigenvalue weighted by atomic mass is 10.0. The van der Waals surface area contributed by atoms with Crippen molar-refractivity contribution in [2.75, 3.05) is 51.4 Å². The van der Waals surface area contributed by atoms with E-state index in [0.29, 0.717) is 25.4 Å². The Morgan fingerprint density at radius 2 is 1.97 bits per heavy atom. The van der Waals surface area contributed by atoms with Crippen molar-refractivity contribution in [3.8, 4) is 5.75 Å². The molecule has 186 valence electrons. The van der Waals surface area contributed by atoms with Gasteiger partial charge in [-0.3, -0.25) is 9.52 Å². The number of nitrogens with zero attached hydrogens (tertiary/aromatic N) is 2. The standard InChI is InChI=1S/C22H36N4O6S/c1-7-10-23-22(28)26-12-15(2)20(31-5)13-25(4)21(27)18-11-17(24-33(6,29)30)8-9-19(18)32-14-16(26)3/h8-9,11,15-16,20,24H,7,10,12-14H2,1-6H3,(H,23,28)/t15-,16+,20+/m0/s1. The summed E-state index contributed by atoms with van der Waals surface area (Å²) in [5, 5.41) is 2.92. The number of rotatable bonds is 5. The maximum absolute atomic E-state index is 13.2. The summed E-state index contributed by atoms with van der Waals surface area (Å²) in [5.41, 5.74) is 0.488. The monoisotopic (exact) mass is 484 g/mol. The van der Waals surface area contributed by atoms with Gasteiger partial charge >= 0.3 is 6.03 Å². The van der Waals surface area contributed by atoms with E-state index in [9.17, 15) is 18.0 Å². The first kappa shape index (κ1) is 26.7. The zero-order valence-corrected chi connectivity index (χ0v) is 21.1. The molecule has 0 aliphatic carbocycles. The molecule has 0 radical (unpaired) electrons. The van der Waals surface area contributed by atoms with Crippen molar-refractivity contribution >= 4 is 27.6 Å². The van der Waals surface area contributed by atoms with Gasteiger partial charge in [-0.05, 0) is 31.5 Å². The fourth-order valence-corrected chi connectivity index (χ4v) is 4.23. The van der Waals surface area contributed by atoms with Gasteiger partial charge in [-0.25, -0.2) is 13.2 Å². The first-order valence-electron chi connectivity index (χ1n) is 11.0. The van der Waals surface area contributed by atoms with Crippen molar-refractivity contribution < 1.29 is 27.5 Å². The van der Waals surface area contributed by atoms with Crippen LogP contribution in [-0.4, -0.2) is 89.0 Å². The Bertz CT molecular complexity index is 939. The Kier molecular flexibility index (Phi) is 9.35. The molecule has 3 atom stereocenters. The Morgan fingerprint density at radius 1 is 1.27 bits per heavy atom. The van der Waals surface area contributed by atoms with Gasteiger partial charge in [-0.2, -0.15) is 0 Å². The number of carbonyl (C=O) groups is 2. The van der Waals surface area contributed by atoms with Crippen LogP contribution in [0.15, 0.2) is 18.2 Å². The summed E-state index contributed by atoms with van der Waals surface area (Å²) >= 11 is 0. The van der Waals surface area contributed by atoms with E-state index in [1.54, 1.807) is 25.1 Å². The molecule has 2 rings (SSSR count). The van der Waals surface area contributed by atoms with E-state index in [1.807, 2.05) is 20.8 Å². The van der Waals surface area contributed by atoms with E-state index in [0.717, 1.165) is 12.7 Å². The highest BCUT2D eigenvalue weighted by Gasteiger charge is 2.30. The summed E-state index contributed by atoms with van der Waals surface area (Å²) in [6, 6.07) is 4.10. The quantitative estimate of drug-likeness (QED) is 0.660. The van der Waals surface area contributed by atoms with Gasteiger partial charge < -0.3 is 24.6 Å². The predicted molar refractivity (Wildman–Crippen MR) is 127 cm³/mol. The molecule has 0 fully saturated rings. The third-order valence-corrected chi connectivity index (χ3v) is 6.14. The van der Waals surface area contributed by atoms with Gasteiger partial charge in [0, 0.05) is 45.4 Å². The number of fused-ring (bicyclic) bond motifs is 1. The van der Waals surface area contributed by atoms with Crippen molar-refractivity contribution in [2.24, 2.45) is 5.92 Å². The maximum atomic E-state index is 13.2. The lowest BCUT2D eigenvalue weighted by Crippen LogP contribution is -2.51. The average molecular weight is 485 g/mol. The van der Waals surface area contributed by atoms with Crippen molar-refractivity contribution in [1.29, 1.82) is 0 Å². The topological polar surface area (TPSA) is 117 Å². The van der Waals surface area contributed by atoms with Crippen LogP contribution in [0.4, 0.5) is 10.5 Å². The van der Waals surface area contributed by atoms with Crippen LogP contribution in [-0.2, 0) is 14.8 Å². The molecule has 11 heteroatoms. The fraction of sp³-hybridized carbons (Fsp3) is 0.636. The number of amides is 3. The van der Waals surface area contributed by atoms with Crippen LogP contribution in [0, 0.1) is 5.92 Å². The third-order valence-electron chi connectivity index (χ3n) is 5.54. The minimum absolute atomic E-state index is 0.0581.